The minimum atomic E-state index is -0.704. The van der Waals surface area contributed by atoms with Crippen molar-refractivity contribution >= 4 is 34.9 Å². The molecule has 4 atom stereocenters. The average molecular weight is 792 g/mol. The number of carbonyl (C=O) groups is 4. The molecule has 0 unspecified atom stereocenters. The van der Waals surface area contributed by atoms with Gasteiger partial charge < -0.3 is 44.9 Å². The van der Waals surface area contributed by atoms with Crippen molar-refractivity contribution in [3.05, 3.63) is 72.2 Å². The molecule has 2 aliphatic heterocycles. The van der Waals surface area contributed by atoms with Gasteiger partial charge in [-0.1, -0.05) is 64.1 Å². The third-order valence-corrected chi connectivity index (χ3v) is 11.5. The van der Waals surface area contributed by atoms with Gasteiger partial charge in [0.25, 0.3) is 0 Å². The topological polar surface area (TPSA) is 190 Å². The summed E-state index contributed by atoms with van der Waals surface area (Å²) in [5.41, 5.74) is 7.85. The molecule has 0 spiro atoms. The molecule has 3 aromatic heterocycles. The highest BCUT2D eigenvalue weighted by Gasteiger charge is 2.39. The van der Waals surface area contributed by atoms with E-state index in [4.69, 9.17) is 19.4 Å². The Morgan fingerprint density at radius 1 is 0.707 bits per heavy atom. The van der Waals surface area contributed by atoms with E-state index in [0.717, 1.165) is 81.6 Å². The first kappa shape index (κ1) is 40.1. The van der Waals surface area contributed by atoms with Crippen LogP contribution in [0.1, 0.15) is 82.7 Å². The number of imidazole rings is 2. The summed E-state index contributed by atoms with van der Waals surface area (Å²) in [6.07, 6.45) is 7.60. The van der Waals surface area contributed by atoms with E-state index in [2.05, 4.69) is 68.9 Å². The average Bonchev–Trinajstić information content (AvgIpc) is 4.08. The van der Waals surface area contributed by atoms with Crippen LogP contribution < -0.4 is 10.6 Å². The van der Waals surface area contributed by atoms with Gasteiger partial charge in [0.15, 0.2) is 0 Å². The van der Waals surface area contributed by atoms with Gasteiger partial charge in [0.2, 0.25) is 11.8 Å². The first-order valence-corrected chi connectivity index (χ1v) is 20.0. The van der Waals surface area contributed by atoms with E-state index in [1.807, 2.05) is 56.1 Å². The molecule has 306 valence electrons. The van der Waals surface area contributed by atoms with Crippen molar-refractivity contribution in [2.45, 2.75) is 84.5 Å². The molecule has 5 heterocycles. The molecule has 0 radical (unpaired) electrons. The number of carbonyl (C=O) groups excluding carboxylic acids is 4. The predicted octanol–water partition coefficient (Wildman–Crippen LogP) is 7.01. The number of aromatic nitrogens is 5. The molecular weight excluding hydrogens is 739 g/mol. The molecule has 7 rings (SSSR count). The molecule has 2 fully saturated rings. The second-order valence-electron chi connectivity index (χ2n) is 15.9. The lowest BCUT2D eigenvalue weighted by Crippen LogP contribution is -2.51. The maximum Gasteiger partial charge on any atom is 0.407 e. The van der Waals surface area contributed by atoms with Crippen molar-refractivity contribution in [2.75, 3.05) is 27.3 Å². The van der Waals surface area contributed by atoms with Gasteiger partial charge in [0, 0.05) is 30.2 Å². The number of methoxy groups -OCH3 is 2. The highest BCUT2D eigenvalue weighted by atomic mass is 16.5. The predicted molar refractivity (Wildman–Crippen MR) is 219 cm³/mol. The highest BCUT2D eigenvalue weighted by Crippen LogP contribution is 2.39. The van der Waals surface area contributed by atoms with Crippen LogP contribution in [0.2, 0.25) is 0 Å². The molecule has 0 bridgehead atoms. The Hall–Kier alpha value is -6.12. The van der Waals surface area contributed by atoms with E-state index in [-0.39, 0.29) is 35.7 Å². The quantitative estimate of drug-likeness (QED) is 0.0944. The van der Waals surface area contributed by atoms with Crippen LogP contribution in [0.25, 0.3) is 44.5 Å². The van der Waals surface area contributed by atoms with Crippen molar-refractivity contribution < 1.29 is 28.7 Å². The number of alkyl carbamates (subject to hydrolysis) is 2. The molecule has 15 nitrogen and oxygen atoms in total. The van der Waals surface area contributed by atoms with E-state index in [1.165, 1.54) is 14.2 Å². The number of nitrogens with zero attached hydrogens (tertiary/aromatic N) is 4. The molecule has 0 saturated carbocycles. The van der Waals surface area contributed by atoms with E-state index in [1.54, 1.807) is 0 Å². The number of hydrogen-bond donors (Lipinski definition) is 5. The lowest BCUT2D eigenvalue weighted by Gasteiger charge is -2.30. The number of nitrogens with one attached hydrogen (secondary N) is 5. The fraction of sp³-hybridized carbons (Fsp3) is 0.442. The first-order chi connectivity index (χ1) is 27.9. The summed E-state index contributed by atoms with van der Waals surface area (Å²) >= 11 is 0. The van der Waals surface area contributed by atoms with Crippen LogP contribution in [0.4, 0.5) is 9.59 Å². The molecule has 58 heavy (non-hydrogen) atoms. The minimum absolute atomic E-state index is 0.112. The largest absolute Gasteiger partial charge is 0.453 e. The number of hydrogen-bond acceptors (Lipinski definition) is 8. The Bertz CT molecular complexity index is 2290. The summed E-state index contributed by atoms with van der Waals surface area (Å²) in [7, 11) is 2.58. The van der Waals surface area contributed by atoms with Gasteiger partial charge in [0.1, 0.15) is 23.7 Å². The third kappa shape index (κ3) is 7.77. The number of amides is 4. The summed E-state index contributed by atoms with van der Waals surface area (Å²) in [6.45, 7) is 10.9. The van der Waals surface area contributed by atoms with Gasteiger partial charge in [-0.25, -0.2) is 19.6 Å². The molecule has 2 aliphatic rings. The molecule has 5 aromatic rings. The van der Waals surface area contributed by atoms with Crippen LogP contribution in [0.15, 0.2) is 55.0 Å². The second-order valence-corrected chi connectivity index (χ2v) is 15.9. The Kier molecular flexibility index (Phi) is 11.6. The van der Waals surface area contributed by atoms with E-state index in [0.29, 0.717) is 18.9 Å². The summed E-state index contributed by atoms with van der Waals surface area (Å²) in [5, 5.41) is 6.51. The minimum Gasteiger partial charge on any atom is -0.453 e. The summed E-state index contributed by atoms with van der Waals surface area (Å²) < 4.78 is 9.56. The third-order valence-electron chi connectivity index (χ3n) is 11.5. The maximum atomic E-state index is 13.7. The lowest BCUT2D eigenvalue weighted by molar-refractivity contribution is -0.136. The number of fused-ring (bicyclic) bond motifs is 1. The molecule has 5 N–H and O–H groups in total. The van der Waals surface area contributed by atoms with E-state index < -0.39 is 24.3 Å². The van der Waals surface area contributed by atoms with Crippen LogP contribution in [-0.4, -0.2) is 98.1 Å². The van der Waals surface area contributed by atoms with Gasteiger partial charge in [-0.2, -0.15) is 0 Å². The fourth-order valence-electron chi connectivity index (χ4n) is 8.39. The van der Waals surface area contributed by atoms with Crippen LogP contribution in [-0.2, 0) is 19.1 Å². The van der Waals surface area contributed by atoms with Crippen LogP contribution in [0.3, 0.4) is 0 Å². The van der Waals surface area contributed by atoms with Gasteiger partial charge in [-0.3, -0.25) is 9.59 Å². The summed E-state index contributed by atoms with van der Waals surface area (Å²) in [4.78, 5) is 74.9. The number of likely N-dealkylation sites (tertiary alicyclic amines) is 2. The normalized spacial score (nSPS) is 17.9. The molecule has 15 heteroatoms. The van der Waals surface area contributed by atoms with Crippen molar-refractivity contribution in [1.82, 2.24) is 45.4 Å². The van der Waals surface area contributed by atoms with Crippen LogP contribution in [0.5, 0.6) is 0 Å². The van der Waals surface area contributed by atoms with Gasteiger partial charge in [0.05, 0.1) is 55.6 Å². The number of aryl methyl sites for hydroxylation is 1. The first-order valence-electron chi connectivity index (χ1n) is 20.0. The van der Waals surface area contributed by atoms with E-state index >= 15 is 0 Å². The Morgan fingerprint density at radius 3 is 1.71 bits per heavy atom. The standard InChI is InChI=1S/C43H53N9O6/c1-23(2)35(49-42(55)57-6)40(53)51-18-8-10-32(51)38-45-21-30(47-38)27-14-12-26(13-15-27)28-16-17-29(37-34(28)25(5)20-44-37)31-22-46-39(48-31)33-11-9-19-52(33)41(54)36(24(3)4)50-43(56)58-7/h12-17,20-24,32-33,35-36,44H,8-11,18-19H2,1-7H3,(H,45,47)(H,46,48)(H,49,55)(H,50,56)/t32-,33-,35-,36-/m0/s1. The number of benzene rings is 2. The van der Waals surface area contributed by atoms with Crippen molar-refractivity contribution in [1.29, 1.82) is 0 Å². The number of ether oxygens (including phenoxy) is 2. The monoisotopic (exact) mass is 791 g/mol. The van der Waals surface area contributed by atoms with Crippen molar-refractivity contribution in [3.63, 3.8) is 0 Å². The second kappa shape index (κ2) is 16.8. The number of aromatic amines is 3. The molecule has 4 amide bonds. The smallest absolute Gasteiger partial charge is 0.407 e. The zero-order valence-electron chi connectivity index (χ0n) is 34.1. The zero-order chi connectivity index (χ0) is 41.2. The Labute approximate surface area is 337 Å². The van der Waals surface area contributed by atoms with Gasteiger partial charge >= 0.3 is 12.2 Å². The molecule has 2 saturated heterocycles. The highest BCUT2D eigenvalue weighted by molar-refractivity contribution is 6.04. The van der Waals surface area contributed by atoms with Crippen molar-refractivity contribution in [3.8, 4) is 33.6 Å². The number of H-pyrrole nitrogens is 3. The zero-order valence-corrected chi connectivity index (χ0v) is 34.1. The maximum absolute atomic E-state index is 13.7. The SMILES string of the molecule is COC(=O)N[C@H](C(=O)N1CCC[C@H]1c1ncc(-c2ccc(-c3ccc(-c4cnc([C@@H]5CCCN5C(=O)[C@@H](NC(=O)OC)C(C)C)[nH]4)c4[nH]cc(C)c34)cc2)[nH]1)C(C)C. The Balaban J connectivity index is 1.09. The molecule has 2 aromatic carbocycles. The fourth-order valence-corrected chi connectivity index (χ4v) is 8.39. The van der Waals surface area contributed by atoms with E-state index in [9.17, 15) is 19.2 Å². The summed E-state index contributed by atoms with van der Waals surface area (Å²) in [5.74, 6) is 0.905. The van der Waals surface area contributed by atoms with Gasteiger partial charge in [-0.15, -0.1) is 0 Å². The Morgan fingerprint density at radius 2 is 1.19 bits per heavy atom. The number of rotatable bonds is 11. The molecular formula is C43H53N9O6. The van der Waals surface area contributed by atoms with Gasteiger partial charge in [-0.05, 0) is 66.7 Å². The summed E-state index contributed by atoms with van der Waals surface area (Å²) in [6, 6.07) is 10.7. The van der Waals surface area contributed by atoms with Crippen LogP contribution in [0, 0.1) is 18.8 Å². The van der Waals surface area contributed by atoms with Crippen LogP contribution >= 0.6 is 0 Å². The van der Waals surface area contributed by atoms with Crippen molar-refractivity contribution in [2.24, 2.45) is 11.8 Å². The molecule has 0 aliphatic carbocycles. The lowest BCUT2D eigenvalue weighted by atomic mass is 9.95.